The van der Waals surface area contributed by atoms with E-state index in [1.54, 1.807) is 0 Å². The Morgan fingerprint density at radius 3 is 2.58 bits per heavy atom. The van der Waals surface area contributed by atoms with Crippen LogP contribution in [0.1, 0.15) is 42.3 Å². The Balaban J connectivity index is 2.16. The number of hydrogen-bond donors (Lipinski definition) is 1. The van der Waals surface area contributed by atoms with Gasteiger partial charge in [-0.3, -0.25) is 0 Å². The lowest BCUT2D eigenvalue weighted by Crippen LogP contribution is -2.17. The molecule has 104 valence electrons. The maximum atomic E-state index is 4.57. The lowest BCUT2D eigenvalue weighted by atomic mass is 10.2. The molecule has 0 aliphatic heterocycles. The van der Waals surface area contributed by atoms with Crippen molar-refractivity contribution in [3.8, 4) is 0 Å². The van der Waals surface area contributed by atoms with Crippen LogP contribution in [0.3, 0.4) is 0 Å². The molecule has 0 radical (unpaired) electrons. The second-order valence-corrected chi connectivity index (χ2v) is 6.85. The summed E-state index contributed by atoms with van der Waals surface area (Å²) >= 11 is 1.88. The molecule has 0 aliphatic carbocycles. The highest BCUT2D eigenvalue weighted by molar-refractivity contribution is 7.11. The van der Waals surface area contributed by atoms with Crippen molar-refractivity contribution in [3.05, 3.63) is 33.8 Å². The highest BCUT2D eigenvalue weighted by atomic mass is 32.1. The van der Waals surface area contributed by atoms with Crippen molar-refractivity contribution in [2.45, 2.75) is 53.1 Å². The Morgan fingerprint density at radius 1 is 1.26 bits per heavy atom. The lowest BCUT2D eigenvalue weighted by molar-refractivity contribution is 0.550. The fourth-order valence-corrected chi connectivity index (χ4v) is 3.21. The number of aromatic nitrogens is 2. The minimum absolute atomic E-state index is 0.400. The van der Waals surface area contributed by atoms with Gasteiger partial charge in [0.05, 0.1) is 5.69 Å². The van der Waals surface area contributed by atoms with Crippen molar-refractivity contribution in [2.75, 3.05) is 5.32 Å². The van der Waals surface area contributed by atoms with Crippen LogP contribution in [-0.4, -0.2) is 15.6 Å². The summed E-state index contributed by atoms with van der Waals surface area (Å²) < 4.78 is 2.25. The molecule has 3 nitrogen and oxygen atoms in total. The third-order valence-corrected chi connectivity index (χ3v) is 4.06. The SMILES string of the molecule is Cc1cn(C(C)Cc2ccc(C)s2)c(NC(C)C)n1. The Hall–Kier alpha value is -1.29. The Labute approximate surface area is 119 Å². The summed E-state index contributed by atoms with van der Waals surface area (Å²) in [5.41, 5.74) is 1.07. The van der Waals surface area contributed by atoms with E-state index in [-0.39, 0.29) is 0 Å². The van der Waals surface area contributed by atoms with E-state index in [9.17, 15) is 0 Å². The molecule has 2 aromatic heterocycles. The highest BCUT2D eigenvalue weighted by Gasteiger charge is 2.13. The molecule has 1 N–H and O–H groups in total. The molecule has 0 fully saturated rings. The number of aryl methyl sites for hydroxylation is 2. The van der Waals surface area contributed by atoms with Gasteiger partial charge < -0.3 is 9.88 Å². The van der Waals surface area contributed by atoms with Crippen LogP contribution in [0.5, 0.6) is 0 Å². The molecule has 0 aromatic carbocycles. The molecule has 0 bridgehead atoms. The number of rotatable bonds is 5. The summed E-state index contributed by atoms with van der Waals surface area (Å²) in [6.07, 6.45) is 3.19. The van der Waals surface area contributed by atoms with Gasteiger partial charge in [-0.15, -0.1) is 11.3 Å². The van der Waals surface area contributed by atoms with E-state index in [0.717, 1.165) is 18.1 Å². The van der Waals surface area contributed by atoms with Gasteiger partial charge in [-0.05, 0) is 46.8 Å². The third-order valence-electron chi connectivity index (χ3n) is 3.04. The van der Waals surface area contributed by atoms with Gasteiger partial charge in [0.25, 0.3) is 0 Å². The van der Waals surface area contributed by atoms with E-state index >= 15 is 0 Å². The average Bonchev–Trinajstić information content (AvgIpc) is 2.84. The van der Waals surface area contributed by atoms with Crippen molar-refractivity contribution in [3.63, 3.8) is 0 Å². The Morgan fingerprint density at radius 2 is 2.00 bits per heavy atom. The fourth-order valence-electron chi connectivity index (χ4n) is 2.20. The van der Waals surface area contributed by atoms with Gasteiger partial charge >= 0.3 is 0 Å². The molecule has 0 spiro atoms. The molecular weight excluding hydrogens is 254 g/mol. The van der Waals surface area contributed by atoms with Gasteiger partial charge in [0.15, 0.2) is 0 Å². The maximum absolute atomic E-state index is 4.57. The first-order valence-electron chi connectivity index (χ1n) is 6.83. The first kappa shape index (κ1) is 14.1. The van der Waals surface area contributed by atoms with Crippen molar-refractivity contribution in [2.24, 2.45) is 0 Å². The zero-order valence-electron chi connectivity index (χ0n) is 12.4. The average molecular weight is 277 g/mol. The standard InChI is InChI=1S/C15H23N3S/c1-10(2)16-15-17-11(3)9-18(15)12(4)8-14-7-6-13(5)19-14/h6-7,9-10,12H,8H2,1-5H3,(H,16,17). The predicted octanol–water partition coefficient (Wildman–Crippen LogP) is 4.19. The maximum Gasteiger partial charge on any atom is 0.203 e. The summed E-state index contributed by atoms with van der Waals surface area (Å²) in [6, 6.07) is 5.24. The van der Waals surface area contributed by atoms with Gasteiger partial charge in [0.2, 0.25) is 5.95 Å². The summed E-state index contributed by atoms with van der Waals surface area (Å²) in [5, 5.41) is 3.42. The minimum Gasteiger partial charge on any atom is -0.353 e. The van der Waals surface area contributed by atoms with Crippen molar-refractivity contribution < 1.29 is 0 Å². The van der Waals surface area contributed by atoms with Crippen LogP contribution in [0.25, 0.3) is 0 Å². The lowest BCUT2D eigenvalue weighted by Gasteiger charge is -2.17. The third kappa shape index (κ3) is 3.60. The summed E-state index contributed by atoms with van der Waals surface area (Å²) in [4.78, 5) is 7.39. The number of nitrogens with zero attached hydrogens (tertiary/aromatic N) is 2. The fraction of sp³-hybridized carbons (Fsp3) is 0.533. The van der Waals surface area contributed by atoms with E-state index in [4.69, 9.17) is 0 Å². The first-order chi connectivity index (χ1) is 8.95. The van der Waals surface area contributed by atoms with Crippen LogP contribution < -0.4 is 5.32 Å². The zero-order chi connectivity index (χ0) is 14.0. The van der Waals surface area contributed by atoms with Crippen molar-refractivity contribution >= 4 is 17.3 Å². The van der Waals surface area contributed by atoms with Crippen LogP contribution in [0, 0.1) is 13.8 Å². The largest absolute Gasteiger partial charge is 0.353 e. The van der Waals surface area contributed by atoms with Gasteiger partial charge in [-0.25, -0.2) is 4.98 Å². The number of imidazole rings is 1. The number of hydrogen-bond acceptors (Lipinski definition) is 3. The smallest absolute Gasteiger partial charge is 0.203 e. The first-order valence-corrected chi connectivity index (χ1v) is 7.64. The second-order valence-electron chi connectivity index (χ2n) is 5.48. The molecule has 2 heterocycles. The normalized spacial score (nSPS) is 12.9. The summed E-state index contributed by atoms with van der Waals surface area (Å²) in [7, 11) is 0. The Kier molecular flexibility index (Phi) is 4.30. The minimum atomic E-state index is 0.400. The van der Waals surface area contributed by atoms with Gasteiger partial charge in [0, 0.05) is 34.5 Å². The van der Waals surface area contributed by atoms with Crippen molar-refractivity contribution in [1.29, 1.82) is 0 Å². The number of thiophene rings is 1. The molecule has 2 aromatic rings. The summed E-state index contributed by atoms with van der Waals surface area (Å²) in [5.74, 6) is 0.980. The molecule has 1 unspecified atom stereocenters. The summed E-state index contributed by atoms with van der Waals surface area (Å²) in [6.45, 7) is 10.7. The van der Waals surface area contributed by atoms with E-state index in [1.807, 2.05) is 18.3 Å². The van der Waals surface area contributed by atoms with Crippen LogP contribution in [-0.2, 0) is 6.42 Å². The molecule has 0 amide bonds. The quantitative estimate of drug-likeness (QED) is 0.888. The van der Waals surface area contributed by atoms with Gasteiger partial charge in [0.1, 0.15) is 0 Å². The van der Waals surface area contributed by atoms with Gasteiger partial charge in [-0.1, -0.05) is 0 Å². The zero-order valence-corrected chi connectivity index (χ0v) is 13.2. The Bertz CT molecular complexity index is 539. The molecule has 4 heteroatoms. The molecular formula is C15H23N3S. The second kappa shape index (κ2) is 5.78. The van der Waals surface area contributed by atoms with Crippen LogP contribution >= 0.6 is 11.3 Å². The molecule has 0 saturated heterocycles. The predicted molar refractivity (Wildman–Crippen MR) is 83.2 cm³/mol. The monoisotopic (exact) mass is 277 g/mol. The molecule has 0 aliphatic rings. The topological polar surface area (TPSA) is 29.9 Å². The molecule has 1 atom stereocenters. The number of anilines is 1. The van der Waals surface area contributed by atoms with Crippen LogP contribution in [0.4, 0.5) is 5.95 Å². The van der Waals surface area contributed by atoms with E-state index in [1.165, 1.54) is 9.75 Å². The number of nitrogens with one attached hydrogen (secondary N) is 1. The highest BCUT2D eigenvalue weighted by Crippen LogP contribution is 2.24. The van der Waals surface area contributed by atoms with Crippen LogP contribution in [0.15, 0.2) is 18.3 Å². The van der Waals surface area contributed by atoms with Gasteiger partial charge in [-0.2, -0.15) is 0 Å². The molecule has 2 rings (SSSR count). The van der Waals surface area contributed by atoms with E-state index in [0.29, 0.717) is 12.1 Å². The molecule has 0 saturated carbocycles. The van der Waals surface area contributed by atoms with Crippen LogP contribution in [0.2, 0.25) is 0 Å². The molecule has 19 heavy (non-hydrogen) atoms. The van der Waals surface area contributed by atoms with E-state index in [2.05, 4.69) is 60.9 Å². The van der Waals surface area contributed by atoms with Crippen molar-refractivity contribution in [1.82, 2.24) is 9.55 Å². The van der Waals surface area contributed by atoms with E-state index < -0.39 is 0 Å².